The Hall–Kier alpha value is -2.50. The van der Waals surface area contributed by atoms with Crippen LogP contribution in [0.25, 0.3) is 5.69 Å². The van der Waals surface area contributed by atoms with E-state index in [0.717, 1.165) is 29.9 Å². The summed E-state index contributed by atoms with van der Waals surface area (Å²) < 4.78 is 26.6. The molecule has 0 bridgehead atoms. The Morgan fingerprint density at radius 1 is 1.24 bits per heavy atom. The van der Waals surface area contributed by atoms with Crippen molar-refractivity contribution in [2.75, 3.05) is 5.75 Å². The number of tetrazole rings is 1. The standard InChI is InChI=1S/C18H20N6O3S2/c1-11-9-16(17(25)10-28-18-20-21-22-24(18)14-3-4-14)12(2)23(11)13-5-7-15(8-6-13)29(19,26)27/h5-9,14H,3-4,10H2,1-2H3,(H2,19,26,27). The van der Waals surface area contributed by atoms with Gasteiger partial charge in [0.1, 0.15) is 0 Å². The second-order valence-electron chi connectivity index (χ2n) is 7.01. The first-order valence-electron chi connectivity index (χ1n) is 9.02. The molecular formula is C18H20N6O3S2. The molecule has 0 spiro atoms. The number of primary sulfonamides is 1. The first-order chi connectivity index (χ1) is 13.8. The molecule has 4 rings (SSSR count). The van der Waals surface area contributed by atoms with E-state index in [9.17, 15) is 13.2 Å². The lowest BCUT2D eigenvalue weighted by atomic mass is 10.2. The topological polar surface area (TPSA) is 126 Å². The molecule has 2 aromatic heterocycles. The fraction of sp³-hybridized carbons (Fsp3) is 0.333. The van der Waals surface area contributed by atoms with E-state index in [1.54, 1.807) is 16.8 Å². The van der Waals surface area contributed by atoms with Gasteiger partial charge in [-0.1, -0.05) is 11.8 Å². The minimum absolute atomic E-state index is 0.0131. The van der Waals surface area contributed by atoms with E-state index >= 15 is 0 Å². The molecule has 0 saturated heterocycles. The van der Waals surface area contributed by atoms with E-state index in [4.69, 9.17) is 5.14 Å². The van der Waals surface area contributed by atoms with Gasteiger partial charge in [0, 0.05) is 22.6 Å². The van der Waals surface area contributed by atoms with Crippen molar-refractivity contribution in [3.63, 3.8) is 0 Å². The third-order valence-electron chi connectivity index (χ3n) is 4.84. The molecule has 0 aliphatic heterocycles. The van der Waals surface area contributed by atoms with Gasteiger partial charge in [-0.2, -0.15) is 0 Å². The highest BCUT2D eigenvalue weighted by atomic mass is 32.2. The number of nitrogens with two attached hydrogens (primary N) is 1. The summed E-state index contributed by atoms with van der Waals surface area (Å²) in [6, 6.07) is 8.46. The van der Waals surface area contributed by atoms with Crippen molar-refractivity contribution >= 4 is 27.6 Å². The van der Waals surface area contributed by atoms with Crippen LogP contribution in [0.3, 0.4) is 0 Å². The Labute approximate surface area is 172 Å². The first kappa shape index (κ1) is 19.8. The number of nitrogens with zero attached hydrogens (tertiary/aromatic N) is 5. The van der Waals surface area contributed by atoms with Gasteiger partial charge in [-0.3, -0.25) is 4.79 Å². The van der Waals surface area contributed by atoms with Crippen LogP contribution in [0.5, 0.6) is 0 Å². The molecule has 11 heteroatoms. The van der Waals surface area contributed by atoms with Gasteiger partial charge >= 0.3 is 0 Å². The van der Waals surface area contributed by atoms with E-state index in [1.807, 2.05) is 24.5 Å². The van der Waals surface area contributed by atoms with Crippen LogP contribution in [0.1, 0.15) is 40.6 Å². The Bertz CT molecular complexity index is 1180. The molecule has 29 heavy (non-hydrogen) atoms. The summed E-state index contributed by atoms with van der Waals surface area (Å²) in [5.41, 5.74) is 3.05. The first-order valence-corrected chi connectivity index (χ1v) is 11.5. The zero-order valence-electron chi connectivity index (χ0n) is 15.9. The lowest BCUT2D eigenvalue weighted by Crippen LogP contribution is -2.12. The number of rotatable bonds is 7. The van der Waals surface area contributed by atoms with Gasteiger partial charge in [0.15, 0.2) is 5.78 Å². The molecule has 1 aromatic carbocycles. The molecule has 2 heterocycles. The van der Waals surface area contributed by atoms with Crippen LogP contribution in [0, 0.1) is 13.8 Å². The van der Waals surface area contributed by atoms with Gasteiger partial charge in [-0.15, -0.1) is 5.10 Å². The number of Topliss-reactive ketones (excluding diaryl/α,β-unsaturated/α-hetero) is 1. The summed E-state index contributed by atoms with van der Waals surface area (Å²) >= 11 is 1.34. The van der Waals surface area contributed by atoms with E-state index in [0.29, 0.717) is 16.8 Å². The second-order valence-corrected chi connectivity index (χ2v) is 9.51. The number of sulfonamides is 1. The maximum Gasteiger partial charge on any atom is 0.238 e. The monoisotopic (exact) mass is 432 g/mol. The normalized spacial score (nSPS) is 14.3. The average Bonchev–Trinajstić information content (AvgIpc) is 3.33. The zero-order valence-corrected chi connectivity index (χ0v) is 17.6. The summed E-state index contributed by atoms with van der Waals surface area (Å²) in [6.07, 6.45) is 2.13. The molecule has 1 fully saturated rings. The maximum atomic E-state index is 12.8. The van der Waals surface area contributed by atoms with E-state index in [2.05, 4.69) is 15.5 Å². The number of aryl methyl sites for hydroxylation is 1. The molecule has 0 atom stereocenters. The van der Waals surface area contributed by atoms with Gasteiger partial charge < -0.3 is 4.57 Å². The van der Waals surface area contributed by atoms with Crippen molar-refractivity contribution in [3.05, 3.63) is 47.3 Å². The van der Waals surface area contributed by atoms with Crippen molar-refractivity contribution < 1.29 is 13.2 Å². The van der Waals surface area contributed by atoms with Crippen LogP contribution in [0.15, 0.2) is 40.4 Å². The van der Waals surface area contributed by atoms with Crippen molar-refractivity contribution in [2.24, 2.45) is 5.14 Å². The predicted molar refractivity (Wildman–Crippen MR) is 108 cm³/mol. The molecule has 0 radical (unpaired) electrons. The average molecular weight is 433 g/mol. The third-order valence-corrected chi connectivity index (χ3v) is 6.71. The Morgan fingerprint density at radius 3 is 2.55 bits per heavy atom. The van der Waals surface area contributed by atoms with Gasteiger partial charge in [0.2, 0.25) is 15.2 Å². The number of thioether (sulfide) groups is 1. The van der Waals surface area contributed by atoms with Crippen molar-refractivity contribution in [3.8, 4) is 5.69 Å². The lowest BCUT2D eigenvalue weighted by molar-refractivity contribution is 0.102. The number of carbonyl (C=O) groups is 1. The SMILES string of the molecule is Cc1cc(C(=O)CSc2nnnn2C2CC2)c(C)n1-c1ccc(S(N)(=O)=O)cc1. The quantitative estimate of drug-likeness (QED) is 0.447. The second kappa shape index (κ2) is 7.39. The van der Waals surface area contributed by atoms with Crippen LogP contribution < -0.4 is 5.14 Å². The molecule has 1 aliphatic rings. The predicted octanol–water partition coefficient (Wildman–Crippen LogP) is 2.04. The number of hydrogen-bond acceptors (Lipinski definition) is 7. The van der Waals surface area contributed by atoms with Crippen LogP contribution in [-0.4, -0.2) is 44.7 Å². The number of hydrogen-bond donors (Lipinski definition) is 1. The highest BCUT2D eigenvalue weighted by Gasteiger charge is 2.28. The number of aromatic nitrogens is 5. The van der Waals surface area contributed by atoms with Crippen molar-refractivity contribution in [2.45, 2.75) is 42.8 Å². The van der Waals surface area contributed by atoms with Gasteiger partial charge in [-0.25, -0.2) is 18.2 Å². The molecular weight excluding hydrogens is 412 g/mol. The Morgan fingerprint density at radius 2 is 1.93 bits per heavy atom. The highest BCUT2D eigenvalue weighted by Crippen LogP contribution is 2.36. The minimum atomic E-state index is -3.75. The number of ketones is 1. The Kier molecular flexibility index (Phi) is 5.05. The van der Waals surface area contributed by atoms with E-state index < -0.39 is 10.0 Å². The minimum Gasteiger partial charge on any atom is -0.318 e. The number of carbonyl (C=O) groups excluding carboxylic acids is 1. The molecule has 2 N–H and O–H groups in total. The summed E-state index contributed by atoms with van der Waals surface area (Å²) in [5, 5.41) is 17.5. The molecule has 3 aromatic rings. The molecule has 0 amide bonds. The summed E-state index contributed by atoms with van der Waals surface area (Å²) in [7, 11) is -3.75. The van der Waals surface area contributed by atoms with E-state index in [-0.39, 0.29) is 16.4 Å². The fourth-order valence-electron chi connectivity index (χ4n) is 3.26. The summed E-state index contributed by atoms with van der Waals surface area (Å²) in [6.45, 7) is 3.77. The summed E-state index contributed by atoms with van der Waals surface area (Å²) in [4.78, 5) is 12.9. The lowest BCUT2D eigenvalue weighted by Gasteiger charge is -2.10. The zero-order chi connectivity index (χ0) is 20.8. The van der Waals surface area contributed by atoms with Crippen LogP contribution in [-0.2, 0) is 10.0 Å². The molecule has 1 saturated carbocycles. The maximum absolute atomic E-state index is 12.8. The number of benzene rings is 1. The fourth-order valence-corrected chi connectivity index (χ4v) is 4.61. The smallest absolute Gasteiger partial charge is 0.238 e. The molecule has 152 valence electrons. The third kappa shape index (κ3) is 3.98. The van der Waals surface area contributed by atoms with Crippen LogP contribution in [0.2, 0.25) is 0 Å². The molecule has 0 unspecified atom stereocenters. The van der Waals surface area contributed by atoms with Crippen LogP contribution in [0.4, 0.5) is 0 Å². The van der Waals surface area contributed by atoms with Crippen LogP contribution >= 0.6 is 11.8 Å². The van der Waals surface area contributed by atoms with Crippen molar-refractivity contribution in [1.82, 2.24) is 24.8 Å². The summed E-state index contributed by atoms with van der Waals surface area (Å²) in [5.74, 6) is 0.225. The molecule has 1 aliphatic carbocycles. The Balaban J connectivity index is 1.54. The largest absolute Gasteiger partial charge is 0.318 e. The van der Waals surface area contributed by atoms with E-state index in [1.165, 1.54) is 23.9 Å². The molecule has 9 nitrogen and oxygen atoms in total. The van der Waals surface area contributed by atoms with Crippen molar-refractivity contribution in [1.29, 1.82) is 0 Å². The van der Waals surface area contributed by atoms with Gasteiger partial charge in [0.05, 0.1) is 16.7 Å². The van der Waals surface area contributed by atoms with Gasteiger partial charge in [-0.05, 0) is 67.4 Å². The van der Waals surface area contributed by atoms with Gasteiger partial charge in [0.25, 0.3) is 0 Å². The highest BCUT2D eigenvalue weighted by molar-refractivity contribution is 7.99.